The molecule has 4 aromatic rings. The lowest BCUT2D eigenvalue weighted by Gasteiger charge is -2.15. The van der Waals surface area contributed by atoms with Crippen molar-refractivity contribution in [2.45, 2.75) is 0 Å². The maximum absolute atomic E-state index is 14.4. The molecule has 3 aromatic carbocycles. The Morgan fingerprint density at radius 1 is 0.964 bits per heavy atom. The van der Waals surface area contributed by atoms with Crippen molar-refractivity contribution in [3.63, 3.8) is 0 Å². The first-order chi connectivity index (χ1) is 13.4. The van der Waals surface area contributed by atoms with Crippen LogP contribution in [-0.4, -0.2) is 14.7 Å². The first-order valence-corrected chi connectivity index (χ1v) is 8.78. The van der Waals surface area contributed by atoms with E-state index >= 15 is 0 Å². The molecule has 0 amide bonds. The number of halogens is 4. The van der Waals surface area contributed by atoms with Gasteiger partial charge in [-0.25, -0.2) is 18.6 Å². The minimum Gasteiger partial charge on any atom is -0.507 e. The molecule has 1 heterocycles. The molecule has 0 unspecified atom stereocenters. The van der Waals surface area contributed by atoms with Crippen LogP contribution in [0.2, 0.25) is 10.0 Å². The lowest BCUT2D eigenvalue weighted by Crippen LogP contribution is -2.22. The van der Waals surface area contributed by atoms with Crippen molar-refractivity contribution in [3.05, 3.63) is 86.9 Å². The number of aromatic nitrogens is 2. The molecule has 140 valence electrons. The number of hydrogen-bond donors (Lipinski definition) is 1. The van der Waals surface area contributed by atoms with E-state index in [1.807, 2.05) is 0 Å². The molecule has 0 spiro atoms. The Kier molecular flexibility index (Phi) is 4.53. The number of para-hydroxylation sites is 1. The summed E-state index contributed by atoms with van der Waals surface area (Å²) in [6.45, 7) is 0. The lowest BCUT2D eigenvalue weighted by molar-refractivity contribution is 0.458. The maximum Gasteiger partial charge on any atom is 0.352 e. The summed E-state index contributed by atoms with van der Waals surface area (Å²) in [7, 11) is 0. The number of fused-ring (bicyclic) bond motifs is 1. The number of nitrogens with zero attached hydrogens (tertiary/aromatic N) is 2. The minimum absolute atomic E-state index is 0.163. The number of phenols is 1. The van der Waals surface area contributed by atoms with Crippen molar-refractivity contribution in [2.75, 3.05) is 0 Å². The fourth-order valence-electron chi connectivity index (χ4n) is 3.10. The summed E-state index contributed by atoms with van der Waals surface area (Å²) < 4.78 is 29.4. The molecular formula is C20H10Cl2F2N2O2. The Labute approximate surface area is 167 Å². The van der Waals surface area contributed by atoms with Crippen LogP contribution in [0.5, 0.6) is 5.75 Å². The number of aromatic hydroxyl groups is 1. The van der Waals surface area contributed by atoms with Crippen molar-refractivity contribution in [3.8, 4) is 22.6 Å². The van der Waals surface area contributed by atoms with Gasteiger partial charge in [-0.15, -0.1) is 0 Å². The van der Waals surface area contributed by atoms with Gasteiger partial charge in [-0.1, -0.05) is 41.4 Å². The predicted octanol–water partition coefficient (Wildman–Crippen LogP) is 5.34. The van der Waals surface area contributed by atoms with E-state index in [9.17, 15) is 18.7 Å². The van der Waals surface area contributed by atoms with E-state index in [4.69, 9.17) is 23.2 Å². The van der Waals surface area contributed by atoms with Crippen molar-refractivity contribution >= 4 is 34.1 Å². The second-order valence-electron chi connectivity index (χ2n) is 5.94. The monoisotopic (exact) mass is 418 g/mol. The Balaban J connectivity index is 2.14. The number of phenolic OH excluding ortho intramolecular Hbond substituents is 1. The van der Waals surface area contributed by atoms with Crippen LogP contribution < -0.4 is 5.69 Å². The van der Waals surface area contributed by atoms with Crippen LogP contribution in [0, 0.1) is 11.6 Å². The molecule has 0 radical (unpaired) electrons. The third-order valence-electron chi connectivity index (χ3n) is 4.32. The summed E-state index contributed by atoms with van der Waals surface area (Å²) in [6, 6.07) is 11.3. The van der Waals surface area contributed by atoms with Gasteiger partial charge < -0.3 is 5.11 Å². The van der Waals surface area contributed by atoms with Crippen LogP contribution in [0.3, 0.4) is 0 Å². The van der Waals surface area contributed by atoms with Gasteiger partial charge in [-0.2, -0.15) is 0 Å². The Bertz CT molecular complexity index is 1290. The molecule has 0 fully saturated rings. The van der Waals surface area contributed by atoms with Gasteiger partial charge in [-0.05, 0) is 35.9 Å². The summed E-state index contributed by atoms with van der Waals surface area (Å²) >= 11 is 12.5. The molecule has 8 heteroatoms. The minimum atomic E-state index is -1.21. The second-order valence-corrected chi connectivity index (χ2v) is 6.75. The lowest BCUT2D eigenvalue weighted by atomic mass is 9.99. The highest BCUT2D eigenvalue weighted by Crippen LogP contribution is 2.38. The zero-order valence-electron chi connectivity index (χ0n) is 14.0. The molecule has 0 aliphatic carbocycles. The Morgan fingerprint density at radius 2 is 1.64 bits per heavy atom. The van der Waals surface area contributed by atoms with E-state index in [2.05, 4.69) is 4.98 Å². The molecule has 0 saturated carbocycles. The Morgan fingerprint density at radius 3 is 2.36 bits per heavy atom. The van der Waals surface area contributed by atoms with Gasteiger partial charge in [-0.3, -0.25) is 4.57 Å². The summed E-state index contributed by atoms with van der Waals surface area (Å²) in [4.78, 5) is 16.4. The largest absolute Gasteiger partial charge is 0.507 e. The van der Waals surface area contributed by atoms with E-state index in [-0.39, 0.29) is 26.9 Å². The van der Waals surface area contributed by atoms with E-state index in [0.29, 0.717) is 10.9 Å². The van der Waals surface area contributed by atoms with E-state index in [0.717, 1.165) is 12.1 Å². The molecule has 28 heavy (non-hydrogen) atoms. The first-order valence-electron chi connectivity index (χ1n) is 8.02. The maximum atomic E-state index is 14.4. The second kappa shape index (κ2) is 6.89. The molecule has 0 aliphatic rings. The van der Waals surface area contributed by atoms with Gasteiger partial charge >= 0.3 is 5.69 Å². The van der Waals surface area contributed by atoms with Gasteiger partial charge in [0, 0.05) is 11.6 Å². The van der Waals surface area contributed by atoms with Crippen LogP contribution in [0.1, 0.15) is 0 Å². The molecule has 0 bridgehead atoms. The molecular weight excluding hydrogens is 409 g/mol. The fraction of sp³-hybridized carbons (Fsp3) is 0. The zero-order chi connectivity index (χ0) is 20.0. The van der Waals surface area contributed by atoms with Crippen LogP contribution in [0.15, 0.2) is 59.5 Å². The molecule has 4 rings (SSSR count). The highest BCUT2D eigenvalue weighted by Gasteiger charge is 2.20. The third-order valence-corrected chi connectivity index (χ3v) is 4.93. The fourth-order valence-corrected chi connectivity index (χ4v) is 3.66. The van der Waals surface area contributed by atoms with E-state index in [1.54, 1.807) is 30.3 Å². The average molecular weight is 419 g/mol. The summed E-state index contributed by atoms with van der Waals surface area (Å²) in [5.41, 5.74) is -0.284. The molecule has 4 nitrogen and oxygen atoms in total. The number of benzene rings is 3. The number of hydrogen-bond acceptors (Lipinski definition) is 3. The standard InChI is InChI=1S/C20H10Cl2F2N2O2/c21-12-4-2-5-13(22)19(12)26-15-6-1-3-10(11(15)9-25-20(26)28)17-16(27)8-7-14(23)18(17)24/h1-9,27H. The molecule has 1 aromatic heterocycles. The van der Waals surface area contributed by atoms with Crippen molar-refractivity contribution < 1.29 is 13.9 Å². The van der Waals surface area contributed by atoms with Crippen LogP contribution in [-0.2, 0) is 0 Å². The van der Waals surface area contributed by atoms with Gasteiger partial charge in [0.15, 0.2) is 11.6 Å². The van der Waals surface area contributed by atoms with Gasteiger partial charge in [0.25, 0.3) is 0 Å². The van der Waals surface area contributed by atoms with Gasteiger partial charge in [0.05, 0.1) is 26.8 Å². The summed E-state index contributed by atoms with van der Waals surface area (Å²) in [6.07, 6.45) is 1.23. The average Bonchev–Trinajstić information content (AvgIpc) is 2.66. The zero-order valence-corrected chi connectivity index (χ0v) is 15.5. The highest BCUT2D eigenvalue weighted by molar-refractivity contribution is 6.37. The SMILES string of the molecule is O=c1ncc2c(-c3c(O)ccc(F)c3F)cccc2n1-c1c(Cl)cccc1Cl. The summed E-state index contributed by atoms with van der Waals surface area (Å²) in [5.74, 6) is -2.76. The van der Waals surface area contributed by atoms with Gasteiger partial charge in [0.2, 0.25) is 0 Å². The van der Waals surface area contributed by atoms with Crippen molar-refractivity contribution in [2.24, 2.45) is 0 Å². The summed E-state index contributed by atoms with van der Waals surface area (Å²) in [5, 5.41) is 10.9. The molecule has 0 aliphatic heterocycles. The third kappa shape index (κ3) is 2.82. The first kappa shape index (κ1) is 18.4. The van der Waals surface area contributed by atoms with Crippen molar-refractivity contribution in [1.82, 2.24) is 9.55 Å². The predicted molar refractivity (Wildman–Crippen MR) is 104 cm³/mol. The van der Waals surface area contributed by atoms with E-state index < -0.39 is 23.1 Å². The molecule has 0 atom stereocenters. The Hall–Kier alpha value is -2.96. The highest BCUT2D eigenvalue weighted by atomic mass is 35.5. The van der Waals surface area contributed by atoms with Crippen LogP contribution in [0.25, 0.3) is 27.7 Å². The quantitative estimate of drug-likeness (QED) is 0.477. The van der Waals surface area contributed by atoms with E-state index in [1.165, 1.54) is 16.8 Å². The smallest absolute Gasteiger partial charge is 0.352 e. The molecule has 1 N–H and O–H groups in total. The number of rotatable bonds is 2. The molecule has 0 saturated heterocycles. The van der Waals surface area contributed by atoms with Gasteiger partial charge in [0.1, 0.15) is 5.75 Å². The normalized spacial score (nSPS) is 11.1. The van der Waals surface area contributed by atoms with Crippen molar-refractivity contribution in [1.29, 1.82) is 0 Å². The van der Waals surface area contributed by atoms with Crippen LogP contribution in [0.4, 0.5) is 8.78 Å². The van der Waals surface area contributed by atoms with Crippen LogP contribution >= 0.6 is 23.2 Å². The topological polar surface area (TPSA) is 55.1 Å².